The molecule has 0 aliphatic heterocycles. The lowest BCUT2D eigenvalue weighted by atomic mass is 10.1. The summed E-state index contributed by atoms with van der Waals surface area (Å²) in [6, 6.07) is 5.20. The maximum Gasteiger partial charge on any atom is 0.416 e. The number of nitrogen functional groups attached to an aromatic ring is 1. The van der Waals surface area contributed by atoms with Gasteiger partial charge in [-0.2, -0.15) is 28.4 Å². The van der Waals surface area contributed by atoms with Gasteiger partial charge >= 0.3 is 6.18 Å². The van der Waals surface area contributed by atoms with Crippen molar-refractivity contribution in [1.82, 2.24) is 14.9 Å². The Morgan fingerprint density at radius 1 is 1.34 bits per heavy atom. The van der Waals surface area contributed by atoms with Gasteiger partial charge in [0.25, 0.3) is 0 Å². The third-order valence-electron chi connectivity index (χ3n) is 3.92. The summed E-state index contributed by atoms with van der Waals surface area (Å²) in [6.45, 7) is 2.06. The molecule has 0 radical (unpaired) electrons. The number of likely N-dealkylation sites (N-methyl/N-ethyl adjacent to an activating group) is 1. The Bertz CT molecular complexity index is 975. The van der Waals surface area contributed by atoms with Crippen molar-refractivity contribution in [3.8, 4) is 11.9 Å². The van der Waals surface area contributed by atoms with Gasteiger partial charge in [-0.15, -0.1) is 0 Å². The summed E-state index contributed by atoms with van der Waals surface area (Å²) >= 11 is 0. The lowest BCUT2D eigenvalue weighted by Crippen LogP contribution is -2.42. The quantitative estimate of drug-likeness (QED) is 0.556. The zero-order valence-corrected chi connectivity index (χ0v) is 17.1. The minimum atomic E-state index is -4.54. The van der Waals surface area contributed by atoms with Gasteiger partial charge in [-0.05, 0) is 39.2 Å². The zero-order chi connectivity index (χ0) is 23.2. The van der Waals surface area contributed by atoms with Crippen LogP contribution in [-0.4, -0.2) is 54.1 Å². The van der Waals surface area contributed by atoms with Crippen molar-refractivity contribution in [3.63, 3.8) is 0 Å². The predicted octanol–water partition coefficient (Wildman–Crippen LogP) is 2.96. The molecule has 0 aliphatic carbocycles. The van der Waals surface area contributed by atoms with Crippen LogP contribution in [0.2, 0.25) is 0 Å². The van der Waals surface area contributed by atoms with Crippen LogP contribution in [-0.2, 0) is 11.0 Å². The van der Waals surface area contributed by atoms with E-state index in [0.717, 1.165) is 12.1 Å². The van der Waals surface area contributed by atoms with Crippen molar-refractivity contribution in [2.24, 2.45) is 0 Å². The lowest BCUT2D eigenvalue weighted by Gasteiger charge is -2.23. The Labute approximate surface area is 184 Å². The SMILES string of the molecule is C.CCOc1nc(N)nc(N[C@@H](CN(C)C)C(=O)Nc2cccc(C(F)(F)F)c2)c1C#N. The van der Waals surface area contributed by atoms with E-state index in [0.29, 0.717) is 0 Å². The van der Waals surface area contributed by atoms with Gasteiger partial charge in [-0.25, -0.2) is 0 Å². The minimum Gasteiger partial charge on any atom is -0.477 e. The molecule has 0 fully saturated rings. The number of nitrogens with zero attached hydrogens (tertiary/aromatic N) is 4. The highest BCUT2D eigenvalue weighted by atomic mass is 19.4. The second kappa shape index (κ2) is 11.1. The van der Waals surface area contributed by atoms with E-state index >= 15 is 0 Å². The van der Waals surface area contributed by atoms with Crippen molar-refractivity contribution < 1.29 is 22.7 Å². The maximum absolute atomic E-state index is 12.9. The average Bonchev–Trinajstić information content (AvgIpc) is 2.67. The molecule has 2 aromatic rings. The van der Waals surface area contributed by atoms with Crippen molar-refractivity contribution in [2.75, 3.05) is 43.6 Å². The summed E-state index contributed by atoms with van der Waals surface area (Å²) in [4.78, 5) is 22.4. The Hall–Kier alpha value is -3.59. The average molecular weight is 453 g/mol. The number of hydrogen-bond acceptors (Lipinski definition) is 8. The summed E-state index contributed by atoms with van der Waals surface area (Å²) in [7, 11) is 3.41. The maximum atomic E-state index is 12.9. The Kier molecular flexibility index (Phi) is 9.21. The van der Waals surface area contributed by atoms with Crippen LogP contribution in [0.25, 0.3) is 0 Å². The third-order valence-corrected chi connectivity index (χ3v) is 3.92. The van der Waals surface area contributed by atoms with E-state index in [1.165, 1.54) is 12.1 Å². The molecule has 1 amide bonds. The number of amides is 1. The van der Waals surface area contributed by atoms with Gasteiger partial charge in [0.1, 0.15) is 12.1 Å². The number of benzene rings is 1. The van der Waals surface area contributed by atoms with Gasteiger partial charge in [-0.1, -0.05) is 13.5 Å². The predicted molar refractivity (Wildman–Crippen MR) is 115 cm³/mol. The van der Waals surface area contributed by atoms with Gasteiger partial charge in [0.05, 0.1) is 12.2 Å². The normalized spacial score (nSPS) is 11.8. The molecule has 0 aliphatic rings. The number of rotatable bonds is 8. The highest BCUT2D eigenvalue weighted by molar-refractivity contribution is 5.97. The molecule has 1 aromatic heterocycles. The topological polar surface area (TPSA) is 129 Å². The number of carbonyl (C=O) groups excluding carboxylic acids is 1. The van der Waals surface area contributed by atoms with Crippen LogP contribution in [0, 0.1) is 11.3 Å². The van der Waals surface area contributed by atoms with Crippen LogP contribution in [0.1, 0.15) is 25.5 Å². The van der Waals surface area contributed by atoms with Crippen LogP contribution in [0.4, 0.5) is 30.6 Å². The van der Waals surface area contributed by atoms with Gasteiger partial charge in [0.15, 0.2) is 11.4 Å². The number of ether oxygens (including phenoxy) is 1. The number of carbonyl (C=O) groups is 1. The molecule has 2 rings (SSSR count). The summed E-state index contributed by atoms with van der Waals surface area (Å²) in [5.41, 5.74) is 4.71. The number of anilines is 3. The zero-order valence-electron chi connectivity index (χ0n) is 17.1. The fourth-order valence-electron chi connectivity index (χ4n) is 2.63. The van der Waals surface area contributed by atoms with E-state index in [4.69, 9.17) is 10.5 Å². The smallest absolute Gasteiger partial charge is 0.416 e. The van der Waals surface area contributed by atoms with Crippen molar-refractivity contribution in [1.29, 1.82) is 5.26 Å². The van der Waals surface area contributed by atoms with E-state index in [9.17, 15) is 23.2 Å². The van der Waals surface area contributed by atoms with Gasteiger partial charge in [0.2, 0.25) is 17.7 Å². The summed E-state index contributed by atoms with van der Waals surface area (Å²) in [5.74, 6) is -0.870. The molecule has 0 spiro atoms. The third kappa shape index (κ3) is 6.98. The second-order valence-electron chi connectivity index (χ2n) is 6.68. The van der Waals surface area contributed by atoms with E-state index in [2.05, 4.69) is 20.6 Å². The van der Waals surface area contributed by atoms with Gasteiger partial charge < -0.3 is 26.0 Å². The molecule has 1 heterocycles. The van der Waals surface area contributed by atoms with Crippen LogP contribution < -0.4 is 21.1 Å². The largest absolute Gasteiger partial charge is 0.477 e. The van der Waals surface area contributed by atoms with Gasteiger partial charge in [0, 0.05) is 12.2 Å². The minimum absolute atomic E-state index is 0. The van der Waals surface area contributed by atoms with E-state index in [1.54, 1.807) is 25.9 Å². The summed E-state index contributed by atoms with van der Waals surface area (Å²) < 4.78 is 44.1. The number of nitrogens with two attached hydrogens (primary N) is 1. The van der Waals surface area contributed by atoms with Crippen LogP contribution in [0.3, 0.4) is 0 Å². The van der Waals surface area contributed by atoms with E-state index < -0.39 is 23.7 Å². The Morgan fingerprint density at radius 3 is 2.59 bits per heavy atom. The van der Waals surface area contributed by atoms with Crippen LogP contribution in [0.15, 0.2) is 24.3 Å². The molecule has 0 saturated carbocycles. The van der Waals surface area contributed by atoms with Crippen molar-refractivity contribution in [2.45, 2.75) is 26.6 Å². The molecule has 0 unspecified atom stereocenters. The summed E-state index contributed by atoms with van der Waals surface area (Å²) in [5, 5.41) is 14.8. The first-order valence-corrected chi connectivity index (χ1v) is 9.15. The number of hydrogen-bond donors (Lipinski definition) is 3. The molecular weight excluding hydrogens is 427 g/mol. The fraction of sp³-hybridized carbons (Fsp3) is 0.400. The molecule has 12 heteroatoms. The standard InChI is InChI=1S/C19H22F3N7O2.CH4/c1-4-31-17-13(9-23)15(27-18(24)28-17)26-14(10-29(2)3)16(30)25-12-7-5-6-11(8-12)19(20,21)22;/h5-8,14H,4,10H2,1-3H3,(H,25,30)(H3,24,26,27,28);1H4/t14-;/m0./s1. The molecule has 1 aromatic carbocycles. The van der Waals surface area contributed by atoms with Crippen LogP contribution >= 0.6 is 0 Å². The highest BCUT2D eigenvalue weighted by Gasteiger charge is 2.31. The first kappa shape index (κ1) is 26.4. The van der Waals surface area contributed by atoms with Crippen molar-refractivity contribution >= 4 is 23.4 Å². The van der Waals surface area contributed by atoms with Crippen molar-refractivity contribution in [3.05, 3.63) is 35.4 Å². The van der Waals surface area contributed by atoms with E-state index in [-0.39, 0.29) is 49.5 Å². The second-order valence-corrected chi connectivity index (χ2v) is 6.68. The number of alkyl halides is 3. The number of aromatic nitrogens is 2. The molecule has 4 N–H and O–H groups in total. The summed E-state index contributed by atoms with van der Waals surface area (Å²) in [6.07, 6.45) is -4.54. The monoisotopic (exact) mass is 453 g/mol. The highest BCUT2D eigenvalue weighted by Crippen LogP contribution is 2.31. The lowest BCUT2D eigenvalue weighted by molar-refractivity contribution is -0.137. The molecule has 0 saturated heterocycles. The molecule has 0 bridgehead atoms. The molecule has 174 valence electrons. The molecular formula is C20H26F3N7O2. The number of halogens is 3. The molecule has 9 nitrogen and oxygen atoms in total. The molecule has 32 heavy (non-hydrogen) atoms. The number of nitrogens with one attached hydrogen (secondary N) is 2. The Balaban J connectivity index is 0.00000512. The number of nitriles is 1. The first-order valence-electron chi connectivity index (χ1n) is 9.15. The van der Waals surface area contributed by atoms with E-state index in [1.807, 2.05) is 6.07 Å². The van der Waals surface area contributed by atoms with Crippen LogP contribution in [0.5, 0.6) is 5.88 Å². The molecule has 1 atom stereocenters. The first-order chi connectivity index (χ1) is 14.5. The fourth-order valence-corrected chi connectivity index (χ4v) is 2.63. The Morgan fingerprint density at radius 2 is 2.03 bits per heavy atom. The van der Waals surface area contributed by atoms with Gasteiger partial charge in [-0.3, -0.25) is 4.79 Å².